The van der Waals surface area contributed by atoms with Crippen molar-refractivity contribution in [3.05, 3.63) is 22.4 Å². The number of carbonyl (C=O) groups is 1. The number of hydrogen-bond donors (Lipinski definition) is 0. The third-order valence-corrected chi connectivity index (χ3v) is 4.52. The van der Waals surface area contributed by atoms with Crippen LogP contribution in [0.2, 0.25) is 0 Å². The first-order valence-corrected chi connectivity index (χ1v) is 7.45. The molecule has 1 fully saturated rings. The molecule has 0 N–H and O–H groups in total. The molecule has 18 heavy (non-hydrogen) atoms. The van der Waals surface area contributed by atoms with Gasteiger partial charge < -0.3 is 9.64 Å². The molecule has 100 valence electrons. The van der Waals surface area contributed by atoms with Gasteiger partial charge in [0.15, 0.2) is 5.78 Å². The van der Waals surface area contributed by atoms with E-state index in [0.717, 1.165) is 30.9 Å². The summed E-state index contributed by atoms with van der Waals surface area (Å²) in [5.41, 5.74) is 0. The molecule has 1 aromatic heterocycles. The molecule has 0 aromatic carbocycles. The second-order valence-electron chi connectivity index (χ2n) is 4.92. The SMILES string of the molecule is CC1OCCC1N(C)CCCC(=O)c1cccs1. The number of thiophene rings is 1. The van der Waals surface area contributed by atoms with Crippen LogP contribution in [-0.4, -0.2) is 43.0 Å². The molecular formula is C14H21NO2S. The largest absolute Gasteiger partial charge is 0.377 e. The van der Waals surface area contributed by atoms with Gasteiger partial charge in [-0.2, -0.15) is 0 Å². The molecule has 1 aromatic rings. The number of hydrogen-bond acceptors (Lipinski definition) is 4. The molecule has 0 radical (unpaired) electrons. The van der Waals surface area contributed by atoms with Crippen LogP contribution in [0, 0.1) is 0 Å². The highest BCUT2D eigenvalue weighted by molar-refractivity contribution is 7.12. The Hall–Kier alpha value is -0.710. The van der Waals surface area contributed by atoms with Crippen LogP contribution < -0.4 is 0 Å². The topological polar surface area (TPSA) is 29.5 Å². The Balaban J connectivity index is 1.70. The van der Waals surface area contributed by atoms with Crippen LogP contribution in [0.1, 0.15) is 35.9 Å². The fourth-order valence-electron chi connectivity index (χ4n) is 2.51. The summed E-state index contributed by atoms with van der Waals surface area (Å²) in [4.78, 5) is 15.1. The van der Waals surface area contributed by atoms with E-state index in [1.165, 1.54) is 11.3 Å². The molecule has 0 aliphatic carbocycles. The highest BCUT2D eigenvalue weighted by atomic mass is 32.1. The molecule has 4 heteroatoms. The second-order valence-corrected chi connectivity index (χ2v) is 5.86. The maximum atomic E-state index is 11.8. The average molecular weight is 267 g/mol. The maximum absolute atomic E-state index is 11.8. The Morgan fingerprint density at radius 1 is 1.61 bits per heavy atom. The Morgan fingerprint density at radius 2 is 2.44 bits per heavy atom. The first-order valence-electron chi connectivity index (χ1n) is 6.57. The van der Waals surface area contributed by atoms with Gasteiger partial charge in [0.25, 0.3) is 0 Å². The molecule has 0 spiro atoms. The molecular weight excluding hydrogens is 246 g/mol. The Labute approximate surface area is 113 Å². The summed E-state index contributed by atoms with van der Waals surface area (Å²) in [5.74, 6) is 0.272. The first kappa shape index (κ1) is 13.7. The monoisotopic (exact) mass is 267 g/mol. The molecule has 1 aliphatic rings. The number of nitrogens with zero attached hydrogens (tertiary/aromatic N) is 1. The van der Waals surface area contributed by atoms with Crippen molar-refractivity contribution in [2.75, 3.05) is 20.2 Å². The summed E-state index contributed by atoms with van der Waals surface area (Å²) in [6.07, 6.45) is 3.00. The lowest BCUT2D eigenvalue weighted by molar-refractivity contribution is 0.0821. The van der Waals surface area contributed by atoms with Gasteiger partial charge in [0, 0.05) is 19.1 Å². The lowest BCUT2D eigenvalue weighted by Gasteiger charge is -2.26. The maximum Gasteiger partial charge on any atom is 0.172 e. The number of Topliss-reactive ketones (excluding diaryl/α,β-unsaturated/α-hetero) is 1. The normalized spacial score (nSPS) is 23.7. The summed E-state index contributed by atoms with van der Waals surface area (Å²) in [6, 6.07) is 4.35. The average Bonchev–Trinajstić information content (AvgIpc) is 2.99. The smallest absolute Gasteiger partial charge is 0.172 e. The predicted octanol–water partition coefficient (Wildman–Crippen LogP) is 2.82. The minimum Gasteiger partial charge on any atom is -0.377 e. The fourth-order valence-corrected chi connectivity index (χ4v) is 3.21. The van der Waals surface area contributed by atoms with E-state index >= 15 is 0 Å². The van der Waals surface area contributed by atoms with Gasteiger partial charge in [0.2, 0.25) is 0 Å². The van der Waals surface area contributed by atoms with Crippen molar-refractivity contribution in [1.29, 1.82) is 0 Å². The van der Waals surface area contributed by atoms with E-state index < -0.39 is 0 Å². The lowest BCUT2D eigenvalue weighted by atomic mass is 10.1. The molecule has 3 nitrogen and oxygen atoms in total. The third kappa shape index (κ3) is 3.40. The van der Waals surface area contributed by atoms with Crippen molar-refractivity contribution >= 4 is 17.1 Å². The Morgan fingerprint density at radius 3 is 3.06 bits per heavy atom. The predicted molar refractivity (Wildman–Crippen MR) is 74.3 cm³/mol. The number of rotatable bonds is 6. The summed E-state index contributed by atoms with van der Waals surface area (Å²) in [6.45, 7) is 3.96. The minimum absolute atomic E-state index is 0.272. The Kier molecular flexibility index (Phi) is 4.92. The molecule has 2 unspecified atom stereocenters. The number of ether oxygens (including phenoxy) is 1. The van der Waals surface area contributed by atoms with E-state index in [4.69, 9.17) is 4.74 Å². The summed E-state index contributed by atoms with van der Waals surface area (Å²) in [7, 11) is 2.13. The number of likely N-dealkylation sites (N-methyl/N-ethyl adjacent to an activating group) is 1. The quantitative estimate of drug-likeness (QED) is 0.742. The third-order valence-electron chi connectivity index (χ3n) is 3.61. The van der Waals surface area contributed by atoms with E-state index in [9.17, 15) is 4.79 Å². The second kappa shape index (κ2) is 6.45. The van der Waals surface area contributed by atoms with Gasteiger partial charge in [-0.05, 0) is 44.8 Å². The zero-order valence-electron chi connectivity index (χ0n) is 11.1. The van der Waals surface area contributed by atoms with Crippen LogP contribution in [0.4, 0.5) is 0 Å². The summed E-state index contributed by atoms with van der Waals surface area (Å²) >= 11 is 1.53. The van der Waals surface area contributed by atoms with E-state index in [1.807, 2.05) is 17.5 Å². The molecule has 0 saturated carbocycles. The van der Waals surface area contributed by atoms with Crippen LogP contribution in [0.25, 0.3) is 0 Å². The highest BCUT2D eigenvalue weighted by Crippen LogP contribution is 2.19. The van der Waals surface area contributed by atoms with Gasteiger partial charge in [-0.3, -0.25) is 4.79 Å². The van der Waals surface area contributed by atoms with E-state index in [2.05, 4.69) is 18.9 Å². The van der Waals surface area contributed by atoms with Crippen LogP contribution in [0.15, 0.2) is 17.5 Å². The first-order chi connectivity index (χ1) is 8.68. The van der Waals surface area contributed by atoms with Crippen molar-refractivity contribution in [1.82, 2.24) is 4.90 Å². The standard InChI is InChI=1S/C14H21NO2S/c1-11-12(7-9-17-11)15(2)8-3-5-13(16)14-6-4-10-18-14/h4,6,10-12H,3,5,7-9H2,1-2H3. The molecule has 2 atom stereocenters. The van der Waals surface area contributed by atoms with Gasteiger partial charge in [-0.25, -0.2) is 0 Å². The van der Waals surface area contributed by atoms with Gasteiger partial charge in [-0.15, -0.1) is 11.3 Å². The summed E-state index contributed by atoms with van der Waals surface area (Å²) < 4.78 is 5.57. The number of ketones is 1. The molecule has 1 aliphatic heterocycles. The Bertz CT molecular complexity index is 377. The zero-order valence-corrected chi connectivity index (χ0v) is 11.9. The highest BCUT2D eigenvalue weighted by Gasteiger charge is 2.27. The van der Waals surface area contributed by atoms with Gasteiger partial charge in [-0.1, -0.05) is 6.07 Å². The van der Waals surface area contributed by atoms with Gasteiger partial charge >= 0.3 is 0 Å². The lowest BCUT2D eigenvalue weighted by Crippen LogP contribution is -2.37. The van der Waals surface area contributed by atoms with Crippen molar-refractivity contribution in [2.24, 2.45) is 0 Å². The minimum atomic E-state index is 0.272. The van der Waals surface area contributed by atoms with Crippen molar-refractivity contribution < 1.29 is 9.53 Å². The molecule has 1 saturated heterocycles. The fraction of sp³-hybridized carbons (Fsp3) is 0.643. The van der Waals surface area contributed by atoms with Crippen molar-refractivity contribution in [2.45, 2.75) is 38.3 Å². The van der Waals surface area contributed by atoms with Crippen LogP contribution in [-0.2, 0) is 4.74 Å². The van der Waals surface area contributed by atoms with Crippen molar-refractivity contribution in [3.8, 4) is 0 Å². The van der Waals surface area contributed by atoms with E-state index in [-0.39, 0.29) is 5.78 Å². The number of carbonyl (C=O) groups excluding carboxylic acids is 1. The summed E-state index contributed by atoms with van der Waals surface area (Å²) in [5, 5.41) is 1.96. The molecule has 0 amide bonds. The zero-order chi connectivity index (χ0) is 13.0. The molecule has 0 bridgehead atoms. The van der Waals surface area contributed by atoms with Crippen LogP contribution in [0.5, 0.6) is 0 Å². The van der Waals surface area contributed by atoms with E-state index in [0.29, 0.717) is 18.6 Å². The molecule has 2 heterocycles. The van der Waals surface area contributed by atoms with Crippen LogP contribution >= 0.6 is 11.3 Å². The van der Waals surface area contributed by atoms with Gasteiger partial charge in [0.1, 0.15) is 0 Å². The van der Waals surface area contributed by atoms with Gasteiger partial charge in [0.05, 0.1) is 11.0 Å². The van der Waals surface area contributed by atoms with Crippen LogP contribution in [0.3, 0.4) is 0 Å². The van der Waals surface area contributed by atoms with E-state index in [1.54, 1.807) is 0 Å². The van der Waals surface area contributed by atoms with Crippen molar-refractivity contribution in [3.63, 3.8) is 0 Å². The molecule has 2 rings (SSSR count).